The van der Waals surface area contributed by atoms with Gasteiger partial charge in [0.15, 0.2) is 0 Å². The summed E-state index contributed by atoms with van der Waals surface area (Å²) in [5.41, 5.74) is 5.49. The minimum atomic E-state index is -0.114. The molecule has 0 bridgehead atoms. The first-order valence-electron chi connectivity index (χ1n) is 5.24. The lowest BCUT2D eigenvalue weighted by molar-refractivity contribution is -0.119. The van der Waals surface area contributed by atoms with E-state index in [-0.39, 0.29) is 24.5 Å². The molecule has 94 valence electrons. The molecule has 0 atom stereocenters. The molecule has 0 aromatic carbocycles. The summed E-state index contributed by atoms with van der Waals surface area (Å²) in [6, 6.07) is 0.138. The smallest absolute Gasteiger partial charge is 0.323 e. The van der Waals surface area contributed by atoms with Gasteiger partial charge in [-0.15, -0.1) is 0 Å². The molecule has 0 spiro atoms. The highest BCUT2D eigenvalue weighted by atomic mass is 16.5. The second-order valence-corrected chi connectivity index (χ2v) is 3.16. The van der Waals surface area contributed by atoms with Crippen molar-refractivity contribution in [2.24, 2.45) is 0 Å². The summed E-state index contributed by atoms with van der Waals surface area (Å²) in [7, 11) is 0. The molecule has 1 amide bonds. The molecule has 17 heavy (non-hydrogen) atoms. The number of rotatable bonds is 6. The highest BCUT2D eigenvalue weighted by Crippen LogP contribution is 2.08. The van der Waals surface area contributed by atoms with E-state index in [1.807, 2.05) is 6.92 Å². The maximum atomic E-state index is 10.6. The van der Waals surface area contributed by atoms with Crippen LogP contribution in [0, 0.1) is 0 Å². The Kier molecular flexibility index (Phi) is 4.92. The summed E-state index contributed by atoms with van der Waals surface area (Å²) in [5.74, 6) is 0.345. The molecule has 1 aromatic rings. The first kappa shape index (κ1) is 12.9. The van der Waals surface area contributed by atoms with Gasteiger partial charge in [0, 0.05) is 13.5 Å². The minimum Gasteiger partial charge on any atom is -0.461 e. The highest BCUT2D eigenvalue weighted by Gasteiger charge is 2.04. The zero-order valence-electron chi connectivity index (χ0n) is 9.86. The van der Waals surface area contributed by atoms with E-state index in [0.29, 0.717) is 19.0 Å². The largest absolute Gasteiger partial charge is 0.461 e. The predicted molar refractivity (Wildman–Crippen MR) is 62.6 cm³/mol. The normalized spacial score (nSPS) is 9.76. The van der Waals surface area contributed by atoms with Crippen LogP contribution in [0.3, 0.4) is 0 Å². The second kappa shape index (κ2) is 6.46. The molecular formula is C9H16N6O2. The average molecular weight is 240 g/mol. The third-order valence-corrected chi connectivity index (χ3v) is 1.67. The van der Waals surface area contributed by atoms with Gasteiger partial charge in [0.2, 0.25) is 17.8 Å². The van der Waals surface area contributed by atoms with Crippen LogP contribution in [0.4, 0.5) is 11.9 Å². The van der Waals surface area contributed by atoms with Gasteiger partial charge in [-0.05, 0) is 6.92 Å². The van der Waals surface area contributed by atoms with Crippen molar-refractivity contribution in [2.45, 2.75) is 13.8 Å². The molecule has 4 N–H and O–H groups in total. The van der Waals surface area contributed by atoms with Gasteiger partial charge < -0.3 is 21.1 Å². The number of ether oxygens (including phenoxy) is 1. The summed E-state index contributed by atoms with van der Waals surface area (Å²) in [5, 5.41) is 5.49. The Morgan fingerprint density at radius 2 is 2.18 bits per heavy atom. The lowest BCUT2D eigenvalue weighted by atomic mass is 10.6. The van der Waals surface area contributed by atoms with E-state index in [9.17, 15) is 4.79 Å². The van der Waals surface area contributed by atoms with E-state index in [0.717, 1.165) is 0 Å². The molecule has 8 heteroatoms. The fraction of sp³-hybridized carbons (Fsp3) is 0.556. The average Bonchev–Trinajstić information content (AvgIpc) is 2.24. The van der Waals surface area contributed by atoms with Gasteiger partial charge in [0.05, 0.1) is 6.54 Å². The number of nitrogens with one attached hydrogen (secondary N) is 2. The number of aromatic nitrogens is 3. The standard InChI is InChI=1S/C9H16N6O2/c1-3-11-8-13-7(10)14-9(15-8)17-5-4-12-6(2)16/h3-5H2,1-2H3,(H,12,16)(H3,10,11,13,14,15). The van der Waals surface area contributed by atoms with Crippen molar-refractivity contribution in [1.29, 1.82) is 0 Å². The van der Waals surface area contributed by atoms with Crippen LogP contribution in [-0.4, -0.2) is 40.6 Å². The van der Waals surface area contributed by atoms with Crippen molar-refractivity contribution in [3.05, 3.63) is 0 Å². The van der Waals surface area contributed by atoms with E-state index in [2.05, 4.69) is 25.6 Å². The van der Waals surface area contributed by atoms with E-state index in [1.165, 1.54) is 6.92 Å². The fourth-order valence-corrected chi connectivity index (χ4v) is 1.04. The number of carbonyl (C=O) groups is 1. The number of amides is 1. The number of nitrogens with two attached hydrogens (primary N) is 1. The molecule has 1 aromatic heterocycles. The van der Waals surface area contributed by atoms with E-state index in [4.69, 9.17) is 10.5 Å². The molecule has 8 nitrogen and oxygen atoms in total. The van der Waals surface area contributed by atoms with Crippen LogP contribution in [0.1, 0.15) is 13.8 Å². The topological polar surface area (TPSA) is 115 Å². The van der Waals surface area contributed by atoms with E-state index in [1.54, 1.807) is 0 Å². The Hall–Kier alpha value is -2.12. The molecule has 0 aliphatic carbocycles. The molecule has 0 aliphatic heterocycles. The minimum absolute atomic E-state index is 0.0884. The van der Waals surface area contributed by atoms with Gasteiger partial charge in [-0.2, -0.15) is 15.0 Å². The lowest BCUT2D eigenvalue weighted by Crippen LogP contribution is -2.25. The summed E-state index contributed by atoms with van der Waals surface area (Å²) in [4.78, 5) is 22.3. The molecule has 0 aliphatic rings. The van der Waals surface area contributed by atoms with Crippen molar-refractivity contribution in [3.63, 3.8) is 0 Å². The molecule has 0 radical (unpaired) electrons. The highest BCUT2D eigenvalue weighted by molar-refractivity contribution is 5.72. The Bertz CT molecular complexity index is 384. The molecule has 1 rings (SSSR count). The van der Waals surface area contributed by atoms with Gasteiger partial charge in [0.1, 0.15) is 6.61 Å². The number of anilines is 2. The zero-order valence-corrected chi connectivity index (χ0v) is 9.86. The van der Waals surface area contributed by atoms with E-state index < -0.39 is 0 Å². The van der Waals surface area contributed by atoms with Crippen molar-refractivity contribution in [3.8, 4) is 6.01 Å². The number of nitrogen functional groups attached to an aromatic ring is 1. The zero-order chi connectivity index (χ0) is 12.7. The molecule has 0 saturated carbocycles. The van der Waals surface area contributed by atoms with Crippen molar-refractivity contribution in [1.82, 2.24) is 20.3 Å². The first-order valence-corrected chi connectivity index (χ1v) is 5.24. The summed E-state index contributed by atoms with van der Waals surface area (Å²) in [6.45, 7) is 4.68. The second-order valence-electron chi connectivity index (χ2n) is 3.16. The maximum absolute atomic E-state index is 10.6. The molecular weight excluding hydrogens is 224 g/mol. The van der Waals surface area contributed by atoms with E-state index >= 15 is 0 Å². The molecule has 0 saturated heterocycles. The Morgan fingerprint density at radius 3 is 2.82 bits per heavy atom. The van der Waals surface area contributed by atoms with Crippen LogP contribution < -0.4 is 21.1 Å². The van der Waals surface area contributed by atoms with Gasteiger partial charge in [-0.25, -0.2) is 0 Å². The van der Waals surface area contributed by atoms with Gasteiger partial charge >= 0.3 is 6.01 Å². The summed E-state index contributed by atoms with van der Waals surface area (Å²) < 4.78 is 5.23. The summed E-state index contributed by atoms with van der Waals surface area (Å²) >= 11 is 0. The Balaban J connectivity index is 2.49. The van der Waals surface area contributed by atoms with Crippen LogP contribution in [0.25, 0.3) is 0 Å². The van der Waals surface area contributed by atoms with Crippen LogP contribution in [0.5, 0.6) is 6.01 Å². The van der Waals surface area contributed by atoms with Crippen LogP contribution in [-0.2, 0) is 4.79 Å². The number of nitrogens with zero attached hydrogens (tertiary/aromatic N) is 3. The first-order chi connectivity index (χ1) is 8.11. The third-order valence-electron chi connectivity index (χ3n) is 1.67. The molecule has 1 heterocycles. The number of hydrogen-bond donors (Lipinski definition) is 3. The van der Waals surface area contributed by atoms with Crippen LogP contribution >= 0.6 is 0 Å². The van der Waals surface area contributed by atoms with Gasteiger partial charge in [0.25, 0.3) is 0 Å². The Morgan fingerprint density at radius 1 is 1.41 bits per heavy atom. The third kappa shape index (κ3) is 4.96. The quantitative estimate of drug-likeness (QED) is 0.569. The monoisotopic (exact) mass is 240 g/mol. The van der Waals surface area contributed by atoms with Crippen molar-refractivity contribution < 1.29 is 9.53 Å². The fourth-order valence-electron chi connectivity index (χ4n) is 1.04. The molecule has 0 fully saturated rings. The number of carbonyl (C=O) groups excluding carboxylic acids is 1. The predicted octanol–water partition coefficient (Wildman–Crippen LogP) is -0.599. The van der Waals surface area contributed by atoms with Gasteiger partial charge in [-0.3, -0.25) is 4.79 Å². The van der Waals surface area contributed by atoms with Crippen molar-refractivity contribution in [2.75, 3.05) is 30.7 Å². The Labute approximate surface area is 99.0 Å². The van der Waals surface area contributed by atoms with Crippen molar-refractivity contribution >= 4 is 17.8 Å². The maximum Gasteiger partial charge on any atom is 0.323 e. The number of hydrogen-bond acceptors (Lipinski definition) is 7. The molecule has 0 unspecified atom stereocenters. The SMILES string of the molecule is CCNc1nc(N)nc(OCCNC(C)=O)n1. The van der Waals surface area contributed by atoms with Crippen LogP contribution in [0.15, 0.2) is 0 Å². The summed E-state index contributed by atoms with van der Waals surface area (Å²) in [6.07, 6.45) is 0. The van der Waals surface area contributed by atoms with Crippen LogP contribution in [0.2, 0.25) is 0 Å². The lowest BCUT2D eigenvalue weighted by Gasteiger charge is -2.07. The van der Waals surface area contributed by atoms with Gasteiger partial charge in [-0.1, -0.05) is 0 Å².